The molecular formula is C12H14FNO3. The number of nitrogens with one attached hydrogen (secondary N) is 1. The van der Waals surface area contributed by atoms with Gasteiger partial charge in [0.1, 0.15) is 17.7 Å². The van der Waals surface area contributed by atoms with E-state index in [0.29, 0.717) is 5.75 Å². The Morgan fingerprint density at radius 2 is 2.35 bits per heavy atom. The third-order valence-electron chi connectivity index (χ3n) is 2.73. The van der Waals surface area contributed by atoms with Gasteiger partial charge in [0.25, 0.3) is 0 Å². The molecule has 1 atom stereocenters. The maximum atomic E-state index is 13.4. The molecule has 17 heavy (non-hydrogen) atoms. The van der Waals surface area contributed by atoms with Crippen LogP contribution in [0.2, 0.25) is 0 Å². The molecule has 1 fully saturated rings. The van der Waals surface area contributed by atoms with E-state index >= 15 is 0 Å². The van der Waals surface area contributed by atoms with Gasteiger partial charge in [-0.25, -0.2) is 9.18 Å². The van der Waals surface area contributed by atoms with Crippen LogP contribution in [0.4, 0.5) is 4.39 Å². The van der Waals surface area contributed by atoms with Crippen LogP contribution in [0.5, 0.6) is 5.75 Å². The molecule has 1 aromatic rings. The van der Waals surface area contributed by atoms with Crippen LogP contribution < -0.4 is 10.1 Å². The van der Waals surface area contributed by atoms with Crippen molar-refractivity contribution in [2.75, 3.05) is 13.1 Å². The smallest absolute Gasteiger partial charge is 0.338 e. The van der Waals surface area contributed by atoms with Crippen molar-refractivity contribution in [2.24, 2.45) is 0 Å². The van der Waals surface area contributed by atoms with Gasteiger partial charge < -0.3 is 15.2 Å². The molecule has 0 saturated carbocycles. The van der Waals surface area contributed by atoms with Crippen molar-refractivity contribution >= 4 is 5.97 Å². The topological polar surface area (TPSA) is 58.6 Å². The first-order chi connectivity index (χ1) is 8.16. The number of carbonyl (C=O) groups is 1. The molecule has 2 rings (SSSR count). The van der Waals surface area contributed by atoms with Gasteiger partial charge in [0.2, 0.25) is 0 Å². The van der Waals surface area contributed by atoms with Crippen LogP contribution >= 0.6 is 0 Å². The number of halogens is 1. The van der Waals surface area contributed by atoms with Gasteiger partial charge in [0.05, 0.1) is 5.56 Å². The van der Waals surface area contributed by atoms with Gasteiger partial charge in [0, 0.05) is 12.6 Å². The highest BCUT2D eigenvalue weighted by atomic mass is 19.1. The van der Waals surface area contributed by atoms with E-state index in [1.54, 1.807) is 0 Å². The van der Waals surface area contributed by atoms with E-state index in [1.165, 1.54) is 12.1 Å². The second-order valence-corrected chi connectivity index (χ2v) is 4.03. The van der Waals surface area contributed by atoms with Crippen molar-refractivity contribution in [2.45, 2.75) is 18.9 Å². The number of carboxylic acids is 1. The van der Waals surface area contributed by atoms with Gasteiger partial charge in [-0.2, -0.15) is 0 Å². The highest BCUT2D eigenvalue weighted by Crippen LogP contribution is 2.19. The van der Waals surface area contributed by atoms with E-state index in [-0.39, 0.29) is 11.7 Å². The third-order valence-corrected chi connectivity index (χ3v) is 2.73. The molecule has 1 unspecified atom stereocenters. The number of benzene rings is 1. The molecule has 0 aromatic heterocycles. The Balaban J connectivity index is 2.06. The lowest BCUT2D eigenvalue weighted by atomic mass is 10.1. The highest BCUT2D eigenvalue weighted by molar-refractivity contribution is 5.88. The summed E-state index contributed by atoms with van der Waals surface area (Å²) < 4.78 is 19.0. The van der Waals surface area contributed by atoms with E-state index in [4.69, 9.17) is 9.84 Å². The third kappa shape index (κ3) is 2.94. The van der Waals surface area contributed by atoms with Crippen molar-refractivity contribution in [3.05, 3.63) is 29.6 Å². The molecular weight excluding hydrogens is 225 g/mol. The predicted molar refractivity (Wildman–Crippen MR) is 59.9 cm³/mol. The van der Waals surface area contributed by atoms with Crippen LogP contribution in [0.3, 0.4) is 0 Å². The number of hydrogen-bond donors (Lipinski definition) is 2. The highest BCUT2D eigenvalue weighted by Gasteiger charge is 2.16. The van der Waals surface area contributed by atoms with Crippen LogP contribution in [0.15, 0.2) is 18.2 Å². The zero-order valence-corrected chi connectivity index (χ0v) is 9.28. The first-order valence-corrected chi connectivity index (χ1v) is 5.57. The summed E-state index contributed by atoms with van der Waals surface area (Å²) in [5.74, 6) is -1.66. The Hall–Kier alpha value is -1.62. The minimum Gasteiger partial charge on any atom is -0.489 e. The molecule has 0 radical (unpaired) electrons. The summed E-state index contributed by atoms with van der Waals surface area (Å²) in [7, 11) is 0. The number of aromatic carboxylic acids is 1. The molecule has 0 amide bonds. The second-order valence-electron chi connectivity index (χ2n) is 4.03. The van der Waals surface area contributed by atoms with Gasteiger partial charge in [-0.05, 0) is 31.5 Å². The van der Waals surface area contributed by atoms with Crippen LogP contribution in [0.25, 0.3) is 0 Å². The van der Waals surface area contributed by atoms with Gasteiger partial charge in [-0.15, -0.1) is 0 Å². The van der Waals surface area contributed by atoms with E-state index in [1.807, 2.05) is 0 Å². The molecule has 4 nitrogen and oxygen atoms in total. The molecule has 1 aliphatic heterocycles. The fourth-order valence-corrected chi connectivity index (χ4v) is 1.86. The molecule has 1 saturated heterocycles. The molecule has 1 aliphatic rings. The van der Waals surface area contributed by atoms with Gasteiger partial charge in [0.15, 0.2) is 0 Å². The standard InChI is InChI=1S/C12H14FNO3/c13-11-6-8(3-4-10(11)12(15)16)17-9-2-1-5-14-7-9/h3-4,6,9,14H,1-2,5,7H2,(H,15,16). The minimum absolute atomic E-state index is 0.0267. The van der Waals surface area contributed by atoms with Crippen LogP contribution in [0, 0.1) is 5.82 Å². The number of rotatable bonds is 3. The summed E-state index contributed by atoms with van der Waals surface area (Å²) in [4.78, 5) is 10.6. The van der Waals surface area contributed by atoms with E-state index in [2.05, 4.69) is 5.32 Å². The monoisotopic (exact) mass is 239 g/mol. The molecule has 0 bridgehead atoms. The van der Waals surface area contributed by atoms with Crippen molar-refractivity contribution in [3.63, 3.8) is 0 Å². The average Bonchev–Trinajstić information content (AvgIpc) is 2.30. The molecule has 2 N–H and O–H groups in total. The van der Waals surface area contributed by atoms with Gasteiger partial charge >= 0.3 is 5.97 Å². The largest absolute Gasteiger partial charge is 0.489 e. The molecule has 0 spiro atoms. The number of hydrogen-bond acceptors (Lipinski definition) is 3. The van der Waals surface area contributed by atoms with Crippen molar-refractivity contribution in [1.82, 2.24) is 5.32 Å². The summed E-state index contributed by atoms with van der Waals surface area (Å²) in [5, 5.41) is 11.9. The fraction of sp³-hybridized carbons (Fsp3) is 0.417. The minimum atomic E-state index is -1.27. The number of carboxylic acid groups (broad SMARTS) is 1. The van der Waals surface area contributed by atoms with Crippen LogP contribution in [-0.2, 0) is 0 Å². The average molecular weight is 239 g/mol. The van der Waals surface area contributed by atoms with Crippen molar-refractivity contribution < 1.29 is 19.0 Å². The Kier molecular flexibility index (Phi) is 3.58. The summed E-state index contributed by atoms with van der Waals surface area (Å²) in [5.41, 5.74) is -0.334. The normalized spacial score (nSPS) is 19.9. The molecule has 1 heterocycles. The zero-order chi connectivity index (χ0) is 12.3. The SMILES string of the molecule is O=C(O)c1ccc(OC2CCCNC2)cc1F. The first-order valence-electron chi connectivity index (χ1n) is 5.57. The lowest BCUT2D eigenvalue weighted by Crippen LogP contribution is -2.37. The second kappa shape index (κ2) is 5.14. The van der Waals surface area contributed by atoms with Gasteiger partial charge in [-0.1, -0.05) is 0 Å². The number of piperidine rings is 1. The summed E-state index contributed by atoms with van der Waals surface area (Å²) in [6.07, 6.45) is 1.98. The van der Waals surface area contributed by atoms with E-state index in [9.17, 15) is 9.18 Å². The van der Waals surface area contributed by atoms with Gasteiger partial charge in [-0.3, -0.25) is 0 Å². The quantitative estimate of drug-likeness (QED) is 0.842. The zero-order valence-electron chi connectivity index (χ0n) is 9.28. The maximum Gasteiger partial charge on any atom is 0.338 e. The van der Waals surface area contributed by atoms with Crippen molar-refractivity contribution in [1.29, 1.82) is 0 Å². The lowest BCUT2D eigenvalue weighted by molar-refractivity contribution is 0.0691. The van der Waals surface area contributed by atoms with Crippen molar-refractivity contribution in [3.8, 4) is 5.75 Å². The first kappa shape index (κ1) is 11.9. The summed E-state index contributed by atoms with van der Waals surface area (Å²) in [6, 6.07) is 3.84. The molecule has 92 valence electrons. The Morgan fingerprint density at radius 1 is 1.53 bits per heavy atom. The van der Waals surface area contributed by atoms with Crippen LogP contribution in [0.1, 0.15) is 23.2 Å². The Labute approximate surface area is 98.4 Å². The molecule has 1 aromatic carbocycles. The predicted octanol–water partition coefficient (Wildman–Crippen LogP) is 1.65. The maximum absolute atomic E-state index is 13.4. The fourth-order valence-electron chi connectivity index (χ4n) is 1.86. The van der Waals surface area contributed by atoms with E-state index in [0.717, 1.165) is 32.0 Å². The van der Waals surface area contributed by atoms with E-state index < -0.39 is 11.8 Å². The lowest BCUT2D eigenvalue weighted by Gasteiger charge is -2.23. The summed E-state index contributed by atoms with van der Waals surface area (Å²) in [6.45, 7) is 1.72. The Morgan fingerprint density at radius 3 is 2.94 bits per heavy atom. The molecule has 5 heteroatoms. The number of ether oxygens (including phenoxy) is 1. The Bertz CT molecular complexity index is 416. The summed E-state index contributed by atoms with van der Waals surface area (Å²) >= 11 is 0. The van der Waals surface area contributed by atoms with Crippen LogP contribution in [-0.4, -0.2) is 30.3 Å². The molecule has 0 aliphatic carbocycles.